The van der Waals surface area contributed by atoms with Crippen LogP contribution in [0.3, 0.4) is 0 Å². The van der Waals surface area contributed by atoms with Gasteiger partial charge < -0.3 is 15.3 Å². The zero-order valence-electron chi connectivity index (χ0n) is 12.0. The minimum Gasteiger partial charge on any atom is -0.485 e. The predicted molar refractivity (Wildman–Crippen MR) is 81.9 cm³/mol. The number of amidine groups is 1. The van der Waals surface area contributed by atoms with E-state index in [4.69, 9.17) is 9.94 Å². The van der Waals surface area contributed by atoms with Gasteiger partial charge in [0.25, 0.3) is 0 Å². The van der Waals surface area contributed by atoms with Crippen molar-refractivity contribution >= 4 is 22.4 Å². The summed E-state index contributed by atoms with van der Waals surface area (Å²) in [5.74, 6) is 0.132. The molecule has 0 atom stereocenters. The van der Waals surface area contributed by atoms with Gasteiger partial charge in [0.2, 0.25) is 11.6 Å². The quantitative estimate of drug-likeness (QED) is 0.383. The molecule has 0 amide bonds. The number of rotatable bonds is 5. The van der Waals surface area contributed by atoms with Gasteiger partial charge in [-0.05, 0) is 25.3 Å². The molecule has 0 radical (unpaired) electrons. The van der Waals surface area contributed by atoms with Gasteiger partial charge in [0.15, 0.2) is 6.61 Å². The fourth-order valence-electron chi connectivity index (χ4n) is 1.97. The molecule has 0 saturated heterocycles. The molecule has 2 aromatic rings. The molecule has 2 N–H and O–H groups in total. The molecular weight excluding hydrogens is 268 g/mol. The fraction of sp³-hybridized carbons (Fsp3) is 0.250. The third kappa shape index (κ3) is 3.72. The summed E-state index contributed by atoms with van der Waals surface area (Å²) in [5.41, 5.74) is 0. The number of carbonyl (C=O) groups excluding carboxylic acids is 1. The Morgan fingerprint density at radius 2 is 1.95 bits per heavy atom. The maximum absolute atomic E-state index is 11.9. The molecule has 0 saturated carbocycles. The zero-order valence-corrected chi connectivity index (χ0v) is 12.0. The van der Waals surface area contributed by atoms with Gasteiger partial charge in [-0.15, -0.1) is 0 Å². The predicted octanol–water partition coefficient (Wildman–Crippen LogP) is 2.57. The van der Waals surface area contributed by atoms with Gasteiger partial charge in [0.05, 0.1) is 0 Å². The van der Waals surface area contributed by atoms with Gasteiger partial charge in [-0.2, -0.15) is 0 Å². The van der Waals surface area contributed by atoms with E-state index >= 15 is 0 Å². The van der Waals surface area contributed by atoms with Crippen LogP contribution in [0.2, 0.25) is 0 Å². The largest absolute Gasteiger partial charge is 0.485 e. The summed E-state index contributed by atoms with van der Waals surface area (Å²) in [6.45, 7) is 3.52. The number of nitrogens with one attached hydrogen (secondary N) is 1. The van der Waals surface area contributed by atoms with Gasteiger partial charge in [-0.1, -0.05) is 41.6 Å². The summed E-state index contributed by atoms with van der Waals surface area (Å²) in [6.07, 6.45) is 0. The number of ether oxygens (including phenoxy) is 1. The Bertz CT molecular complexity index is 660. The van der Waals surface area contributed by atoms with Crippen molar-refractivity contribution in [3.63, 3.8) is 0 Å². The number of hydrogen-bond donors (Lipinski definition) is 2. The number of nitrogens with zero attached hydrogens (tertiary/aromatic N) is 1. The van der Waals surface area contributed by atoms with E-state index in [2.05, 4.69) is 10.5 Å². The van der Waals surface area contributed by atoms with Crippen LogP contribution in [0.4, 0.5) is 0 Å². The molecule has 0 unspecified atom stereocenters. The van der Waals surface area contributed by atoms with Crippen molar-refractivity contribution < 1.29 is 14.7 Å². The summed E-state index contributed by atoms with van der Waals surface area (Å²) in [7, 11) is 0. The molecule has 21 heavy (non-hydrogen) atoms. The monoisotopic (exact) mass is 286 g/mol. The van der Waals surface area contributed by atoms with Crippen LogP contribution in [-0.2, 0) is 4.79 Å². The average Bonchev–Trinajstić information content (AvgIpc) is 2.50. The molecule has 110 valence electrons. The number of fused-ring (bicyclic) bond motifs is 1. The van der Waals surface area contributed by atoms with Gasteiger partial charge in [-0.3, -0.25) is 4.79 Å². The maximum Gasteiger partial charge on any atom is 0.238 e. The minimum atomic E-state index is -0.404. The molecule has 0 heterocycles. The van der Waals surface area contributed by atoms with Crippen molar-refractivity contribution in [1.29, 1.82) is 0 Å². The summed E-state index contributed by atoms with van der Waals surface area (Å²) in [4.78, 5) is 11.9. The number of carbonyl (C=O) groups is 1. The van der Waals surface area contributed by atoms with E-state index in [9.17, 15) is 4.79 Å². The Labute approximate surface area is 123 Å². The highest BCUT2D eigenvalue weighted by atomic mass is 16.5. The second-order valence-corrected chi connectivity index (χ2v) is 4.94. The molecular formula is C16H18N2O3. The molecule has 0 aliphatic carbocycles. The first-order valence-corrected chi connectivity index (χ1v) is 6.74. The summed E-state index contributed by atoms with van der Waals surface area (Å²) >= 11 is 0. The Kier molecular flexibility index (Phi) is 4.77. The molecule has 2 rings (SSSR count). The van der Waals surface area contributed by atoms with E-state index in [0.717, 1.165) is 10.8 Å². The van der Waals surface area contributed by atoms with Crippen LogP contribution in [0.15, 0.2) is 47.6 Å². The van der Waals surface area contributed by atoms with Crippen LogP contribution in [0, 0.1) is 0 Å². The number of ketones is 1. The van der Waals surface area contributed by atoms with Crippen LogP contribution in [0.25, 0.3) is 10.8 Å². The fourth-order valence-corrected chi connectivity index (χ4v) is 1.97. The first kappa shape index (κ1) is 14.8. The number of hydrogen-bond acceptors (Lipinski definition) is 4. The van der Waals surface area contributed by atoms with E-state index in [1.54, 1.807) is 6.07 Å². The second-order valence-electron chi connectivity index (χ2n) is 4.94. The van der Waals surface area contributed by atoms with Crippen molar-refractivity contribution in [3.8, 4) is 5.75 Å². The van der Waals surface area contributed by atoms with E-state index in [1.807, 2.05) is 50.2 Å². The van der Waals surface area contributed by atoms with Crippen LogP contribution >= 0.6 is 0 Å². The second kappa shape index (κ2) is 6.74. The van der Waals surface area contributed by atoms with Crippen molar-refractivity contribution in [2.75, 3.05) is 6.61 Å². The normalized spacial score (nSPS) is 11.7. The summed E-state index contributed by atoms with van der Waals surface area (Å²) in [5, 5.41) is 16.6. The molecule has 5 heteroatoms. The Morgan fingerprint density at radius 1 is 1.24 bits per heavy atom. The Hall–Kier alpha value is -2.56. The van der Waals surface area contributed by atoms with Crippen molar-refractivity contribution in [2.24, 2.45) is 5.16 Å². The van der Waals surface area contributed by atoms with Crippen LogP contribution in [0.1, 0.15) is 13.8 Å². The first-order chi connectivity index (χ1) is 10.1. The molecule has 0 aliphatic heterocycles. The van der Waals surface area contributed by atoms with Crippen molar-refractivity contribution in [1.82, 2.24) is 5.32 Å². The van der Waals surface area contributed by atoms with Crippen molar-refractivity contribution in [3.05, 3.63) is 42.5 Å². The molecule has 5 nitrogen and oxygen atoms in total. The van der Waals surface area contributed by atoms with E-state index in [1.165, 1.54) is 0 Å². The van der Waals surface area contributed by atoms with Crippen molar-refractivity contribution in [2.45, 2.75) is 19.9 Å². The highest BCUT2D eigenvalue weighted by Crippen LogP contribution is 2.24. The lowest BCUT2D eigenvalue weighted by atomic mass is 10.1. The molecule has 2 aromatic carbocycles. The highest BCUT2D eigenvalue weighted by molar-refractivity contribution is 6.39. The maximum atomic E-state index is 11.9. The molecule has 0 bridgehead atoms. The standard InChI is InChI=1S/C16H18N2O3/c1-11(2)17-16(18-20)14(19)10-21-15-9-5-7-12-6-3-4-8-13(12)15/h3-9,11,20H,10H2,1-2H3,(H,17,18). The van der Waals surface area contributed by atoms with E-state index in [-0.39, 0.29) is 18.5 Å². The number of Topliss-reactive ketones (excluding diaryl/α,β-unsaturated/α-hetero) is 1. The lowest BCUT2D eigenvalue weighted by Crippen LogP contribution is -2.38. The van der Waals surface area contributed by atoms with Crippen LogP contribution < -0.4 is 10.1 Å². The lowest BCUT2D eigenvalue weighted by Gasteiger charge is -2.12. The van der Waals surface area contributed by atoms with E-state index in [0.29, 0.717) is 5.75 Å². The van der Waals surface area contributed by atoms with Gasteiger partial charge in [0, 0.05) is 11.4 Å². The molecule has 0 fully saturated rings. The number of benzene rings is 2. The summed E-state index contributed by atoms with van der Waals surface area (Å²) in [6, 6.07) is 13.4. The number of oxime groups is 1. The highest BCUT2D eigenvalue weighted by Gasteiger charge is 2.14. The smallest absolute Gasteiger partial charge is 0.238 e. The topological polar surface area (TPSA) is 70.9 Å². The Balaban J connectivity index is 2.10. The minimum absolute atomic E-state index is 0.00240. The third-order valence-electron chi connectivity index (χ3n) is 2.90. The first-order valence-electron chi connectivity index (χ1n) is 6.74. The van der Waals surface area contributed by atoms with Gasteiger partial charge in [-0.25, -0.2) is 0 Å². The van der Waals surface area contributed by atoms with Gasteiger partial charge >= 0.3 is 0 Å². The average molecular weight is 286 g/mol. The van der Waals surface area contributed by atoms with Crippen LogP contribution in [0.5, 0.6) is 5.75 Å². The van der Waals surface area contributed by atoms with E-state index < -0.39 is 5.78 Å². The molecule has 0 spiro atoms. The molecule has 0 aliphatic rings. The zero-order chi connectivity index (χ0) is 15.2. The van der Waals surface area contributed by atoms with Gasteiger partial charge in [0.1, 0.15) is 5.75 Å². The molecule has 0 aromatic heterocycles. The third-order valence-corrected chi connectivity index (χ3v) is 2.90. The SMILES string of the molecule is CC(C)NC(=NO)C(=O)COc1cccc2ccccc12. The lowest BCUT2D eigenvalue weighted by molar-refractivity contribution is -0.115. The Morgan fingerprint density at radius 3 is 2.67 bits per heavy atom. The summed E-state index contributed by atoms with van der Waals surface area (Å²) < 4.78 is 5.56. The van der Waals surface area contributed by atoms with Crippen LogP contribution in [-0.4, -0.2) is 29.5 Å².